The Labute approximate surface area is 132 Å². The van der Waals surface area contributed by atoms with E-state index in [0.717, 1.165) is 16.7 Å². The van der Waals surface area contributed by atoms with Gasteiger partial charge in [0, 0.05) is 16.3 Å². The summed E-state index contributed by atoms with van der Waals surface area (Å²) < 4.78 is 43.3. The minimum absolute atomic E-state index is 0.231. The van der Waals surface area contributed by atoms with E-state index in [1.54, 1.807) is 18.2 Å². The molecule has 2 aromatic heterocycles. The van der Waals surface area contributed by atoms with E-state index in [1.807, 2.05) is 0 Å². The zero-order chi connectivity index (χ0) is 15.9. The van der Waals surface area contributed by atoms with Gasteiger partial charge in [0.25, 0.3) is 0 Å². The number of nitrogens with zero attached hydrogens (tertiary/aromatic N) is 2. The maximum absolute atomic E-state index is 12.7. The Morgan fingerprint density at radius 1 is 1.27 bits per heavy atom. The number of alkyl halides is 3. The van der Waals surface area contributed by atoms with Gasteiger partial charge in [-0.25, -0.2) is 4.98 Å². The van der Waals surface area contributed by atoms with Crippen LogP contribution in [0, 0.1) is 0 Å². The van der Waals surface area contributed by atoms with Crippen molar-refractivity contribution >= 4 is 33.8 Å². The summed E-state index contributed by atoms with van der Waals surface area (Å²) in [5, 5.41) is 2.03. The van der Waals surface area contributed by atoms with Crippen LogP contribution in [0.1, 0.15) is 5.69 Å². The van der Waals surface area contributed by atoms with Gasteiger partial charge in [0.2, 0.25) is 0 Å². The minimum Gasteiger partial charge on any atom is -0.494 e. The standard InChI is InChI=1S/C14H8ClF3N2OS/c1-21-9-5-19-8-4-2-3-7(11(8)12(9)15)13-20-10(6-22-13)14(16,17)18/h2-6H,1H3. The molecule has 0 radical (unpaired) electrons. The zero-order valence-corrected chi connectivity index (χ0v) is 12.7. The largest absolute Gasteiger partial charge is 0.494 e. The van der Waals surface area contributed by atoms with Crippen LogP contribution < -0.4 is 4.74 Å². The van der Waals surface area contributed by atoms with Crippen LogP contribution in [0.2, 0.25) is 5.02 Å². The number of halogens is 4. The molecular formula is C14H8ClF3N2OS. The molecule has 3 aromatic rings. The predicted octanol–water partition coefficient (Wildman–Crippen LogP) is 5.04. The second-order valence-electron chi connectivity index (χ2n) is 4.38. The third kappa shape index (κ3) is 2.50. The molecule has 0 fully saturated rings. The maximum Gasteiger partial charge on any atom is 0.434 e. The molecule has 0 saturated carbocycles. The Bertz CT molecular complexity index is 848. The topological polar surface area (TPSA) is 35.0 Å². The number of thiazole rings is 1. The molecule has 3 rings (SSSR count). The molecule has 0 spiro atoms. The molecule has 0 aliphatic heterocycles. The summed E-state index contributed by atoms with van der Waals surface area (Å²) in [5.41, 5.74) is 0.137. The van der Waals surface area contributed by atoms with Crippen LogP contribution in [0.25, 0.3) is 21.5 Å². The number of aromatic nitrogens is 2. The first-order valence-electron chi connectivity index (χ1n) is 6.06. The number of ether oxygens (including phenoxy) is 1. The van der Waals surface area contributed by atoms with E-state index in [4.69, 9.17) is 16.3 Å². The third-order valence-corrected chi connectivity index (χ3v) is 4.29. The molecule has 0 unspecified atom stereocenters. The second kappa shape index (κ2) is 5.40. The lowest BCUT2D eigenvalue weighted by atomic mass is 10.1. The normalized spacial score (nSPS) is 11.9. The maximum atomic E-state index is 12.7. The van der Waals surface area contributed by atoms with Crippen molar-refractivity contribution in [2.75, 3.05) is 7.11 Å². The van der Waals surface area contributed by atoms with E-state index in [2.05, 4.69) is 9.97 Å². The lowest BCUT2D eigenvalue weighted by molar-refractivity contribution is -0.140. The highest BCUT2D eigenvalue weighted by Crippen LogP contribution is 2.40. The van der Waals surface area contributed by atoms with E-state index < -0.39 is 11.9 Å². The van der Waals surface area contributed by atoms with Crippen LogP contribution in [0.15, 0.2) is 29.8 Å². The number of methoxy groups -OCH3 is 1. The van der Waals surface area contributed by atoms with Crippen LogP contribution in [0.3, 0.4) is 0 Å². The highest BCUT2D eigenvalue weighted by molar-refractivity contribution is 7.13. The molecule has 0 atom stereocenters. The van der Waals surface area contributed by atoms with Crippen molar-refractivity contribution < 1.29 is 17.9 Å². The lowest BCUT2D eigenvalue weighted by Gasteiger charge is -2.09. The van der Waals surface area contributed by atoms with Gasteiger partial charge in [-0.15, -0.1) is 11.3 Å². The number of rotatable bonds is 2. The smallest absolute Gasteiger partial charge is 0.434 e. The summed E-state index contributed by atoms with van der Waals surface area (Å²) >= 11 is 7.19. The SMILES string of the molecule is COc1cnc2cccc(-c3nc(C(F)(F)F)cs3)c2c1Cl. The fraction of sp³-hybridized carbons (Fsp3) is 0.143. The number of hydrogen-bond acceptors (Lipinski definition) is 4. The highest BCUT2D eigenvalue weighted by atomic mass is 35.5. The Morgan fingerprint density at radius 3 is 2.68 bits per heavy atom. The molecule has 3 nitrogen and oxygen atoms in total. The van der Waals surface area contributed by atoms with Crippen molar-refractivity contribution in [3.8, 4) is 16.3 Å². The highest BCUT2D eigenvalue weighted by Gasteiger charge is 2.34. The Kier molecular flexibility index (Phi) is 3.70. The lowest BCUT2D eigenvalue weighted by Crippen LogP contribution is -2.04. The van der Waals surface area contributed by atoms with E-state index in [-0.39, 0.29) is 5.01 Å². The number of fused-ring (bicyclic) bond motifs is 1. The second-order valence-corrected chi connectivity index (χ2v) is 5.61. The fourth-order valence-corrected chi connectivity index (χ4v) is 3.22. The van der Waals surface area contributed by atoms with Crippen LogP contribution in [-0.2, 0) is 6.18 Å². The molecule has 2 heterocycles. The van der Waals surface area contributed by atoms with Crippen LogP contribution >= 0.6 is 22.9 Å². The summed E-state index contributed by atoms with van der Waals surface area (Å²) in [5.74, 6) is 0.356. The third-order valence-electron chi connectivity index (χ3n) is 3.04. The zero-order valence-electron chi connectivity index (χ0n) is 11.1. The molecular weight excluding hydrogens is 337 g/mol. The Balaban J connectivity index is 2.25. The fourth-order valence-electron chi connectivity index (χ4n) is 2.03. The number of benzene rings is 1. The van der Waals surface area contributed by atoms with Crippen molar-refractivity contribution in [1.82, 2.24) is 9.97 Å². The molecule has 0 aliphatic rings. The van der Waals surface area contributed by atoms with Crippen LogP contribution in [0.5, 0.6) is 5.75 Å². The van der Waals surface area contributed by atoms with Gasteiger partial charge in [0.1, 0.15) is 5.01 Å². The van der Waals surface area contributed by atoms with Gasteiger partial charge < -0.3 is 4.74 Å². The van der Waals surface area contributed by atoms with Gasteiger partial charge in [-0.1, -0.05) is 23.7 Å². The molecule has 0 amide bonds. The molecule has 8 heteroatoms. The quantitative estimate of drug-likeness (QED) is 0.653. The van der Waals surface area contributed by atoms with Crippen molar-refractivity contribution in [3.63, 3.8) is 0 Å². The van der Waals surface area contributed by atoms with Gasteiger partial charge in [-0.05, 0) is 6.07 Å². The molecule has 22 heavy (non-hydrogen) atoms. The summed E-state index contributed by atoms with van der Waals surface area (Å²) in [6.45, 7) is 0. The molecule has 0 bridgehead atoms. The monoisotopic (exact) mass is 344 g/mol. The van der Waals surface area contributed by atoms with E-state index >= 15 is 0 Å². The van der Waals surface area contributed by atoms with Crippen LogP contribution in [-0.4, -0.2) is 17.1 Å². The van der Waals surface area contributed by atoms with Crippen molar-refractivity contribution in [1.29, 1.82) is 0 Å². The van der Waals surface area contributed by atoms with Crippen molar-refractivity contribution in [2.45, 2.75) is 6.18 Å². The van der Waals surface area contributed by atoms with Crippen molar-refractivity contribution in [2.24, 2.45) is 0 Å². The first kappa shape index (κ1) is 15.1. The minimum atomic E-state index is -4.47. The molecule has 0 saturated heterocycles. The predicted molar refractivity (Wildman–Crippen MR) is 79.4 cm³/mol. The van der Waals surface area contributed by atoms with Crippen LogP contribution in [0.4, 0.5) is 13.2 Å². The summed E-state index contributed by atoms with van der Waals surface area (Å²) in [6, 6.07) is 5.08. The summed E-state index contributed by atoms with van der Waals surface area (Å²) in [4.78, 5) is 7.86. The van der Waals surface area contributed by atoms with E-state index in [9.17, 15) is 13.2 Å². The summed E-state index contributed by atoms with van der Waals surface area (Å²) in [6.07, 6.45) is -3.00. The molecule has 1 aromatic carbocycles. The first-order chi connectivity index (χ1) is 10.4. The number of pyridine rings is 1. The van der Waals surface area contributed by atoms with Crippen molar-refractivity contribution in [3.05, 3.63) is 40.5 Å². The van der Waals surface area contributed by atoms with E-state index in [0.29, 0.717) is 27.2 Å². The number of hydrogen-bond donors (Lipinski definition) is 0. The van der Waals surface area contributed by atoms with E-state index in [1.165, 1.54) is 13.3 Å². The van der Waals surface area contributed by atoms with Gasteiger partial charge >= 0.3 is 6.18 Å². The Hall–Kier alpha value is -1.86. The molecule has 0 N–H and O–H groups in total. The van der Waals surface area contributed by atoms with Gasteiger partial charge in [0.15, 0.2) is 11.4 Å². The van der Waals surface area contributed by atoms with Gasteiger partial charge in [-0.3, -0.25) is 4.98 Å². The summed E-state index contributed by atoms with van der Waals surface area (Å²) in [7, 11) is 1.45. The van der Waals surface area contributed by atoms with Gasteiger partial charge in [-0.2, -0.15) is 13.2 Å². The molecule has 0 aliphatic carbocycles. The Morgan fingerprint density at radius 2 is 2.05 bits per heavy atom. The first-order valence-corrected chi connectivity index (χ1v) is 7.32. The average Bonchev–Trinajstić information content (AvgIpc) is 2.97. The van der Waals surface area contributed by atoms with Gasteiger partial charge in [0.05, 0.1) is 23.8 Å². The average molecular weight is 345 g/mol. The molecule has 114 valence electrons.